The van der Waals surface area contributed by atoms with Gasteiger partial charge in [0.1, 0.15) is 17.9 Å². The number of benzene rings is 3. The van der Waals surface area contributed by atoms with Crippen LogP contribution in [0.3, 0.4) is 0 Å². The minimum absolute atomic E-state index is 0.168. The smallest absolute Gasteiger partial charge is 0.257 e. The molecule has 0 fully saturated rings. The van der Waals surface area contributed by atoms with Crippen molar-refractivity contribution in [2.45, 2.75) is 6.61 Å². The molecule has 0 unspecified atom stereocenters. The molecule has 35 heavy (non-hydrogen) atoms. The summed E-state index contributed by atoms with van der Waals surface area (Å²) in [4.78, 5) is 21.3. The van der Waals surface area contributed by atoms with E-state index in [0.717, 1.165) is 11.1 Å². The fourth-order valence-corrected chi connectivity index (χ4v) is 3.63. The van der Waals surface area contributed by atoms with Crippen molar-refractivity contribution in [3.63, 3.8) is 0 Å². The Hall–Kier alpha value is -4.56. The Labute approximate surface area is 206 Å². The number of rotatable bonds is 6. The van der Waals surface area contributed by atoms with Crippen LogP contribution in [0.1, 0.15) is 15.9 Å². The fourth-order valence-electron chi connectivity index (χ4n) is 3.42. The van der Waals surface area contributed by atoms with Crippen LogP contribution in [0.5, 0.6) is 5.75 Å². The standard InChI is InChI=1S/C27H20N4O3S/c32-25(19-8-4-10-22(14-19)33-17-18-6-2-1-3-7-18)31-27(35)29-21-11-12-24-23(15-21)30-26(34-24)20-9-5-13-28-16-20/h1-16H,17H2,(H2,29,31,32,35). The van der Waals surface area contributed by atoms with Gasteiger partial charge in [-0.05, 0) is 66.3 Å². The number of amides is 1. The van der Waals surface area contributed by atoms with Crippen molar-refractivity contribution in [1.29, 1.82) is 0 Å². The lowest BCUT2D eigenvalue weighted by Crippen LogP contribution is -2.34. The van der Waals surface area contributed by atoms with Gasteiger partial charge in [-0.1, -0.05) is 36.4 Å². The number of anilines is 1. The Bertz CT molecular complexity index is 1490. The summed E-state index contributed by atoms with van der Waals surface area (Å²) in [6, 6.07) is 25.9. The summed E-state index contributed by atoms with van der Waals surface area (Å²) < 4.78 is 11.6. The molecule has 5 rings (SSSR count). The molecule has 0 atom stereocenters. The summed E-state index contributed by atoms with van der Waals surface area (Å²) in [6.45, 7) is 0.416. The summed E-state index contributed by atoms with van der Waals surface area (Å²) in [6.07, 6.45) is 3.38. The highest BCUT2D eigenvalue weighted by Gasteiger charge is 2.12. The molecule has 0 aliphatic rings. The normalized spacial score (nSPS) is 10.6. The zero-order valence-electron chi connectivity index (χ0n) is 18.5. The third-order valence-corrected chi connectivity index (χ3v) is 5.33. The molecule has 2 N–H and O–H groups in total. The van der Waals surface area contributed by atoms with Crippen LogP contribution in [0.2, 0.25) is 0 Å². The quantitative estimate of drug-likeness (QED) is 0.306. The van der Waals surface area contributed by atoms with Crippen molar-refractivity contribution in [2.24, 2.45) is 0 Å². The third-order valence-electron chi connectivity index (χ3n) is 5.13. The maximum Gasteiger partial charge on any atom is 0.257 e. The van der Waals surface area contributed by atoms with E-state index in [1.54, 1.807) is 48.8 Å². The molecular weight excluding hydrogens is 460 g/mol. The van der Waals surface area contributed by atoms with Crippen molar-refractivity contribution in [3.8, 4) is 17.2 Å². The van der Waals surface area contributed by atoms with Crippen LogP contribution in [0, 0.1) is 0 Å². The number of carbonyl (C=O) groups is 1. The molecule has 0 radical (unpaired) electrons. The second-order valence-electron chi connectivity index (χ2n) is 7.65. The molecule has 2 aromatic heterocycles. The highest BCUT2D eigenvalue weighted by Crippen LogP contribution is 2.25. The van der Waals surface area contributed by atoms with Gasteiger partial charge in [0.2, 0.25) is 5.89 Å². The number of thiocarbonyl (C=S) groups is 1. The average molecular weight is 481 g/mol. The number of carbonyl (C=O) groups excluding carboxylic acids is 1. The van der Waals surface area contributed by atoms with E-state index in [1.165, 1.54) is 0 Å². The Morgan fingerprint density at radius 3 is 2.69 bits per heavy atom. The second-order valence-corrected chi connectivity index (χ2v) is 8.06. The maximum absolute atomic E-state index is 12.7. The van der Waals surface area contributed by atoms with E-state index in [0.29, 0.717) is 40.6 Å². The number of nitrogens with one attached hydrogen (secondary N) is 2. The predicted molar refractivity (Wildman–Crippen MR) is 138 cm³/mol. The van der Waals surface area contributed by atoms with Crippen LogP contribution < -0.4 is 15.4 Å². The molecule has 172 valence electrons. The lowest BCUT2D eigenvalue weighted by molar-refractivity contribution is 0.0977. The lowest BCUT2D eigenvalue weighted by atomic mass is 10.2. The number of hydrogen-bond donors (Lipinski definition) is 2. The van der Waals surface area contributed by atoms with Crippen LogP contribution in [-0.2, 0) is 6.61 Å². The summed E-state index contributed by atoms with van der Waals surface area (Å²) in [5.74, 6) is 0.741. The van der Waals surface area contributed by atoms with E-state index in [4.69, 9.17) is 21.4 Å². The van der Waals surface area contributed by atoms with Crippen molar-refractivity contribution in [2.75, 3.05) is 5.32 Å². The molecule has 0 bridgehead atoms. The number of fused-ring (bicyclic) bond motifs is 1. The van der Waals surface area contributed by atoms with Gasteiger partial charge in [0.15, 0.2) is 10.7 Å². The molecule has 2 heterocycles. The molecule has 8 heteroatoms. The number of oxazole rings is 1. The SMILES string of the molecule is O=C(NC(=S)Nc1ccc2oc(-c3cccnc3)nc2c1)c1cccc(OCc2ccccc2)c1. The average Bonchev–Trinajstić information content (AvgIpc) is 3.32. The first-order valence-corrected chi connectivity index (χ1v) is 11.2. The summed E-state index contributed by atoms with van der Waals surface area (Å²) in [7, 11) is 0. The van der Waals surface area contributed by atoms with E-state index in [9.17, 15) is 4.79 Å². The van der Waals surface area contributed by atoms with Crippen LogP contribution in [0.4, 0.5) is 5.69 Å². The predicted octanol–water partition coefficient (Wildman–Crippen LogP) is 5.60. The lowest BCUT2D eigenvalue weighted by Gasteiger charge is -2.11. The van der Waals surface area contributed by atoms with Gasteiger partial charge in [0.25, 0.3) is 5.91 Å². The number of hydrogen-bond acceptors (Lipinski definition) is 6. The highest BCUT2D eigenvalue weighted by molar-refractivity contribution is 7.80. The van der Waals surface area contributed by atoms with Gasteiger partial charge in [0, 0.05) is 23.6 Å². The van der Waals surface area contributed by atoms with Gasteiger partial charge in [-0.3, -0.25) is 15.1 Å². The van der Waals surface area contributed by atoms with Gasteiger partial charge in [-0.25, -0.2) is 4.98 Å². The summed E-state index contributed by atoms with van der Waals surface area (Å²) in [5, 5.41) is 5.89. The monoisotopic (exact) mass is 480 g/mol. The van der Waals surface area contributed by atoms with Crippen LogP contribution >= 0.6 is 12.2 Å². The van der Waals surface area contributed by atoms with E-state index in [-0.39, 0.29) is 11.0 Å². The molecule has 0 aliphatic carbocycles. The molecular formula is C27H20N4O3S. The van der Waals surface area contributed by atoms with Gasteiger partial charge >= 0.3 is 0 Å². The Balaban J connectivity index is 1.21. The first-order chi connectivity index (χ1) is 17.1. The molecule has 1 amide bonds. The minimum Gasteiger partial charge on any atom is -0.489 e. The van der Waals surface area contributed by atoms with E-state index in [2.05, 4.69) is 20.6 Å². The van der Waals surface area contributed by atoms with Gasteiger partial charge in [-0.2, -0.15) is 0 Å². The zero-order chi connectivity index (χ0) is 24.0. The second kappa shape index (κ2) is 10.1. The summed E-state index contributed by atoms with van der Waals surface area (Å²) in [5.41, 5.74) is 4.24. The van der Waals surface area contributed by atoms with Crippen molar-refractivity contribution in [3.05, 3.63) is 108 Å². The number of ether oxygens (including phenoxy) is 1. The Morgan fingerprint density at radius 2 is 1.86 bits per heavy atom. The molecule has 0 aliphatic heterocycles. The zero-order valence-corrected chi connectivity index (χ0v) is 19.3. The van der Waals surface area contributed by atoms with Crippen LogP contribution in [0.15, 0.2) is 102 Å². The molecule has 0 saturated heterocycles. The molecule has 0 saturated carbocycles. The molecule has 7 nitrogen and oxygen atoms in total. The third kappa shape index (κ3) is 5.51. The van der Waals surface area contributed by atoms with Crippen molar-refractivity contribution in [1.82, 2.24) is 15.3 Å². The van der Waals surface area contributed by atoms with Gasteiger partial charge < -0.3 is 14.5 Å². The molecule has 5 aromatic rings. The Kier molecular flexibility index (Phi) is 6.45. The van der Waals surface area contributed by atoms with Crippen LogP contribution in [0.25, 0.3) is 22.6 Å². The van der Waals surface area contributed by atoms with Crippen molar-refractivity contribution < 1.29 is 13.9 Å². The fraction of sp³-hybridized carbons (Fsp3) is 0.0370. The van der Waals surface area contributed by atoms with E-state index >= 15 is 0 Å². The summed E-state index contributed by atoms with van der Waals surface area (Å²) >= 11 is 5.34. The number of pyridine rings is 1. The van der Waals surface area contributed by atoms with Crippen LogP contribution in [-0.4, -0.2) is 21.0 Å². The topological polar surface area (TPSA) is 89.3 Å². The molecule has 3 aromatic carbocycles. The highest BCUT2D eigenvalue weighted by atomic mass is 32.1. The van der Waals surface area contributed by atoms with E-state index < -0.39 is 0 Å². The number of aromatic nitrogens is 2. The first kappa shape index (κ1) is 22.2. The van der Waals surface area contributed by atoms with Gasteiger partial charge in [-0.15, -0.1) is 0 Å². The van der Waals surface area contributed by atoms with Gasteiger partial charge in [0.05, 0.1) is 5.56 Å². The Morgan fingerprint density at radius 1 is 0.971 bits per heavy atom. The van der Waals surface area contributed by atoms with Crippen molar-refractivity contribution >= 4 is 40.0 Å². The first-order valence-electron chi connectivity index (χ1n) is 10.8. The van der Waals surface area contributed by atoms with E-state index in [1.807, 2.05) is 48.5 Å². The maximum atomic E-state index is 12.7. The molecule has 0 spiro atoms. The largest absolute Gasteiger partial charge is 0.489 e. The minimum atomic E-state index is -0.339. The number of nitrogens with zero attached hydrogens (tertiary/aromatic N) is 2.